The second kappa shape index (κ2) is 6.99. The smallest absolute Gasteiger partial charge is 0.265 e. The van der Waals surface area contributed by atoms with Crippen molar-refractivity contribution in [3.05, 3.63) is 53.6 Å². The van der Waals surface area contributed by atoms with Gasteiger partial charge in [0.25, 0.3) is 5.91 Å². The van der Waals surface area contributed by atoms with Gasteiger partial charge in [0.15, 0.2) is 6.10 Å². The predicted molar refractivity (Wildman–Crippen MR) is 83.2 cm³/mol. The van der Waals surface area contributed by atoms with Crippen molar-refractivity contribution in [3.8, 4) is 11.5 Å². The van der Waals surface area contributed by atoms with Gasteiger partial charge in [0.1, 0.15) is 11.5 Å². The van der Waals surface area contributed by atoms with Gasteiger partial charge in [-0.25, -0.2) is 0 Å². The fraction of sp³-hybridized carbons (Fsp3) is 0.188. The lowest BCUT2D eigenvalue weighted by atomic mass is 10.2. The van der Waals surface area contributed by atoms with Gasteiger partial charge in [0.2, 0.25) is 0 Å². The van der Waals surface area contributed by atoms with Gasteiger partial charge < -0.3 is 14.8 Å². The van der Waals surface area contributed by atoms with E-state index in [1.54, 1.807) is 37.3 Å². The molecule has 1 atom stereocenters. The number of hydrogen-bond donors (Lipinski definition) is 1. The van der Waals surface area contributed by atoms with Gasteiger partial charge in [0, 0.05) is 5.69 Å². The van der Waals surface area contributed by atoms with Crippen molar-refractivity contribution in [3.63, 3.8) is 0 Å². The molecule has 5 heteroatoms. The highest BCUT2D eigenvalue weighted by atomic mass is 35.5. The first-order chi connectivity index (χ1) is 10.1. The van der Waals surface area contributed by atoms with Crippen LogP contribution in [0.4, 0.5) is 5.69 Å². The second-order valence-corrected chi connectivity index (χ2v) is 4.82. The van der Waals surface area contributed by atoms with Crippen LogP contribution in [0.25, 0.3) is 0 Å². The number of halogens is 1. The normalized spacial score (nSPS) is 11.6. The lowest BCUT2D eigenvalue weighted by Gasteiger charge is -2.15. The van der Waals surface area contributed by atoms with Crippen LogP contribution in [0.5, 0.6) is 11.5 Å². The molecule has 21 heavy (non-hydrogen) atoms. The van der Waals surface area contributed by atoms with E-state index in [9.17, 15) is 4.79 Å². The molecule has 4 nitrogen and oxygen atoms in total. The summed E-state index contributed by atoms with van der Waals surface area (Å²) in [5.74, 6) is 0.955. The minimum absolute atomic E-state index is 0.250. The summed E-state index contributed by atoms with van der Waals surface area (Å²) in [5, 5.41) is 3.19. The SMILES string of the molecule is COc1ccc(NC(=O)C(C)Oc2ccccc2)cc1Cl. The van der Waals surface area contributed by atoms with Gasteiger partial charge in [-0.2, -0.15) is 0 Å². The number of rotatable bonds is 5. The Morgan fingerprint density at radius 2 is 1.90 bits per heavy atom. The summed E-state index contributed by atoms with van der Waals surface area (Å²) in [5.41, 5.74) is 0.592. The van der Waals surface area contributed by atoms with Crippen molar-refractivity contribution >= 4 is 23.2 Å². The Morgan fingerprint density at radius 3 is 2.52 bits per heavy atom. The van der Waals surface area contributed by atoms with Crippen LogP contribution >= 0.6 is 11.6 Å². The molecule has 2 aromatic rings. The topological polar surface area (TPSA) is 47.6 Å². The molecule has 0 aliphatic heterocycles. The van der Waals surface area contributed by atoms with Gasteiger partial charge in [-0.15, -0.1) is 0 Å². The van der Waals surface area contributed by atoms with Crippen LogP contribution in [-0.4, -0.2) is 19.1 Å². The number of amides is 1. The Balaban J connectivity index is 1.99. The predicted octanol–water partition coefficient (Wildman–Crippen LogP) is 3.75. The largest absolute Gasteiger partial charge is 0.495 e. The monoisotopic (exact) mass is 305 g/mol. The van der Waals surface area contributed by atoms with Crippen LogP contribution in [0.2, 0.25) is 5.02 Å². The minimum Gasteiger partial charge on any atom is -0.495 e. The zero-order chi connectivity index (χ0) is 15.2. The maximum atomic E-state index is 12.1. The van der Waals surface area contributed by atoms with Crippen LogP contribution in [-0.2, 0) is 4.79 Å². The molecular weight excluding hydrogens is 290 g/mol. The highest BCUT2D eigenvalue weighted by molar-refractivity contribution is 6.32. The van der Waals surface area contributed by atoms with E-state index in [0.717, 1.165) is 0 Å². The third kappa shape index (κ3) is 4.13. The summed E-state index contributed by atoms with van der Waals surface area (Å²) in [4.78, 5) is 12.1. The Hall–Kier alpha value is -2.20. The van der Waals surface area contributed by atoms with Crippen molar-refractivity contribution in [2.24, 2.45) is 0 Å². The third-order valence-corrected chi connectivity index (χ3v) is 3.14. The summed E-state index contributed by atoms with van der Waals surface area (Å²) in [6.07, 6.45) is -0.617. The quantitative estimate of drug-likeness (QED) is 0.915. The summed E-state index contributed by atoms with van der Waals surface area (Å²) >= 11 is 6.01. The molecule has 0 spiro atoms. The molecule has 110 valence electrons. The van der Waals surface area contributed by atoms with E-state index in [1.807, 2.05) is 18.2 Å². The van der Waals surface area contributed by atoms with Gasteiger partial charge in [-0.05, 0) is 37.3 Å². The molecular formula is C16H16ClNO3. The molecule has 1 amide bonds. The molecule has 0 fully saturated rings. The van der Waals surface area contributed by atoms with Crippen LogP contribution in [0.15, 0.2) is 48.5 Å². The number of benzene rings is 2. The maximum Gasteiger partial charge on any atom is 0.265 e. The lowest BCUT2D eigenvalue weighted by molar-refractivity contribution is -0.122. The molecule has 0 aliphatic carbocycles. The average molecular weight is 306 g/mol. The zero-order valence-electron chi connectivity index (χ0n) is 11.8. The van der Waals surface area contributed by atoms with Gasteiger partial charge in [-0.3, -0.25) is 4.79 Å². The second-order valence-electron chi connectivity index (χ2n) is 4.41. The average Bonchev–Trinajstić information content (AvgIpc) is 2.48. The number of ether oxygens (including phenoxy) is 2. The summed E-state index contributed by atoms with van der Waals surface area (Å²) in [6.45, 7) is 1.69. The van der Waals surface area contributed by atoms with E-state index in [4.69, 9.17) is 21.1 Å². The maximum absolute atomic E-state index is 12.1. The van der Waals surface area contributed by atoms with Gasteiger partial charge >= 0.3 is 0 Å². The standard InChI is InChI=1S/C16H16ClNO3/c1-11(21-13-6-4-3-5-7-13)16(19)18-12-8-9-15(20-2)14(17)10-12/h3-11H,1-2H3,(H,18,19). The van der Waals surface area contributed by atoms with E-state index >= 15 is 0 Å². The Bertz CT molecular complexity index is 616. The molecule has 2 rings (SSSR count). The number of methoxy groups -OCH3 is 1. The van der Waals surface area contributed by atoms with Crippen LogP contribution in [0.1, 0.15) is 6.92 Å². The highest BCUT2D eigenvalue weighted by Gasteiger charge is 2.15. The Morgan fingerprint density at radius 1 is 1.19 bits per heavy atom. The number of carbonyl (C=O) groups is 1. The molecule has 0 saturated heterocycles. The third-order valence-electron chi connectivity index (χ3n) is 2.84. The first kappa shape index (κ1) is 15.2. The van der Waals surface area contributed by atoms with Crippen molar-refractivity contribution in [2.45, 2.75) is 13.0 Å². The van der Waals surface area contributed by atoms with Crippen LogP contribution in [0, 0.1) is 0 Å². The highest BCUT2D eigenvalue weighted by Crippen LogP contribution is 2.27. The summed E-state index contributed by atoms with van der Waals surface area (Å²) in [6, 6.07) is 14.2. The van der Waals surface area contributed by atoms with E-state index in [-0.39, 0.29) is 5.91 Å². The van der Waals surface area contributed by atoms with E-state index in [2.05, 4.69) is 5.32 Å². The Kier molecular flexibility index (Phi) is 5.06. The van der Waals surface area contributed by atoms with Crippen molar-refractivity contribution in [1.82, 2.24) is 0 Å². The molecule has 0 saturated carbocycles. The van der Waals surface area contributed by atoms with Crippen molar-refractivity contribution in [2.75, 3.05) is 12.4 Å². The van der Waals surface area contributed by atoms with E-state index < -0.39 is 6.10 Å². The number of anilines is 1. The fourth-order valence-electron chi connectivity index (χ4n) is 1.74. The first-order valence-corrected chi connectivity index (χ1v) is 6.84. The molecule has 1 N–H and O–H groups in total. The molecule has 0 aliphatic rings. The van der Waals surface area contributed by atoms with Gasteiger partial charge in [0.05, 0.1) is 12.1 Å². The fourth-order valence-corrected chi connectivity index (χ4v) is 2.00. The van der Waals surface area contributed by atoms with E-state index in [0.29, 0.717) is 22.2 Å². The molecule has 1 unspecified atom stereocenters. The lowest BCUT2D eigenvalue weighted by Crippen LogP contribution is -2.30. The molecule has 2 aromatic carbocycles. The Labute approximate surface area is 128 Å². The zero-order valence-corrected chi connectivity index (χ0v) is 12.6. The molecule has 0 bridgehead atoms. The van der Waals surface area contributed by atoms with Crippen LogP contribution < -0.4 is 14.8 Å². The van der Waals surface area contributed by atoms with Gasteiger partial charge in [-0.1, -0.05) is 29.8 Å². The van der Waals surface area contributed by atoms with Crippen molar-refractivity contribution in [1.29, 1.82) is 0 Å². The number of carbonyl (C=O) groups excluding carboxylic acids is 1. The minimum atomic E-state index is -0.617. The van der Waals surface area contributed by atoms with Crippen LogP contribution in [0.3, 0.4) is 0 Å². The molecule has 0 heterocycles. The molecule has 0 radical (unpaired) electrons. The number of para-hydroxylation sites is 1. The molecule has 0 aromatic heterocycles. The van der Waals surface area contributed by atoms with Crippen molar-refractivity contribution < 1.29 is 14.3 Å². The van der Waals surface area contributed by atoms with E-state index in [1.165, 1.54) is 7.11 Å². The number of hydrogen-bond acceptors (Lipinski definition) is 3. The number of nitrogens with one attached hydrogen (secondary N) is 1. The summed E-state index contributed by atoms with van der Waals surface area (Å²) in [7, 11) is 1.54. The first-order valence-electron chi connectivity index (χ1n) is 6.46. The summed E-state index contributed by atoms with van der Waals surface area (Å²) < 4.78 is 10.6.